The maximum Gasteiger partial charge on any atom is 0.269 e. The number of nitro groups is 1. The number of benzene rings is 1. The first-order valence-electron chi connectivity index (χ1n) is 8.01. The first-order valence-corrected chi connectivity index (χ1v) is 8.01. The number of non-ortho nitro benzene ring substituents is 1. The van der Waals surface area contributed by atoms with Crippen LogP contribution < -0.4 is 10.6 Å². The summed E-state index contributed by atoms with van der Waals surface area (Å²) in [6, 6.07) is 10.5. The Labute approximate surface area is 170 Å². The molecular weight excluding hydrogens is 447 g/mol. The number of hydrogen-bond donors (Lipinski definition) is 2. The van der Waals surface area contributed by atoms with Crippen LogP contribution in [0.1, 0.15) is 5.69 Å². The molecular formula is C17H25IN6O2. The molecule has 0 unspecified atom stereocenters. The number of nitrogens with one attached hydrogen (secondary N) is 2. The summed E-state index contributed by atoms with van der Waals surface area (Å²) >= 11 is 0. The molecule has 1 heterocycles. The van der Waals surface area contributed by atoms with Gasteiger partial charge in [0.2, 0.25) is 0 Å². The minimum atomic E-state index is -0.405. The largest absolute Gasteiger partial charge is 0.383 e. The van der Waals surface area contributed by atoms with Crippen molar-refractivity contribution in [1.82, 2.24) is 14.8 Å². The lowest BCUT2D eigenvalue weighted by Crippen LogP contribution is -2.40. The quantitative estimate of drug-likeness (QED) is 0.162. The number of hydrogen-bond acceptors (Lipinski definition) is 4. The molecule has 0 atom stereocenters. The van der Waals surface area contributed by atoms with E-state index in [0.717, 1.165) is 18.2 Å². The van der Waals surface area contributed by atoms with Gasteiger partial charge in [0, 0.05) is 63.9 Å². The van der Waals surface area contributed by atoms with Crippen molar-refractivity contribution in [3.05, 3.63) is 58.4 Å². The predicted octanol–water partition coefficient (Wildman–Crippen LogP) is 2.67. The van der Waals surface area contributed by atoms with Gasteiger partial charge >= 0.3 is 0 Å². The monoisotopic (exact) mass is 472 g/mol. The molecule has 1 aromatic heterocycles. The van der Waals surface area contributed by atoms with E-state index in [1.807, 2.05) is 26.4 Å². The normalized spacial score (nSPS) is 10.8. The Bertz CT molecular complexity index is 729. The smallest absolute Gasteiger partial charge is 0.269 e. The molecule has 0 amide bonds. The number of aliphatic imine (C=N–C) groups is 1. The minimum Gasteiger partial charge on any atom is -0.383 e. The SMILES string of the molecule is CN=C(NCCNc1ccc([N+](=O)[O-])cc1)N(C)Cc1cccn1C.I. The van der Waals surface area contributed by atoms with Crippen LogP contribution in [0.3, 0.4) is 0 Å². The van der Waals surface area contributed by atoms with Gasteiger partial charge < -0.3 is 20.1 Å². The van der Waals surface area contributed by atoms with Gasteiger partial charge in [0.05, 0.1) is 11.5 Å². The number of halogens is 1. The Hall–Kier alpha value is -2.30. The first-order chi connectivity index (χ1) is 12.0. The van der Waals surface area contributed by atoms with E-state index in [1.165, 1.54) is 17.8 Å². The second-order valence-corrected chi connectivity index (χ2v) is 5.67. The van der Waals surface area contributed by atoms with E-state index in [1.54, 1.807) is 19.2 Å². The maximum atomic E-state index is 10.6. The topological polar surface area (TPSA) is 87.7 Å². The fraction of sp³-hybridized carbons (Fsp3) is 0.353. The molecule has 0 aliphatic rings. The van der Waals surface area contributed by atoms with Gasteiger partial charge in [-0.3, -0.25) is 15.1 Å². The van der Waals surface area contributed by atoms with Crippen molar-refractivity contribution >= 4 is 41.3 Å². The highest BCUT2D eigenvalue weighted by Crippen LogP contribution is 2.14. The number of aromatic nitrogens is 1. The highest BCUT2D eigenvalue weighted by molar-refractivity contribution is 14.0. The molecule has 0 fully saturated rings. The summed E-state index contributed by atoms with van der Waals surface area (Å²) in [6.07, 6.45) is 2.02. The fourth-order valence-electron chi connectivity index (χ4n) is 2.45. The molecule has 8 nitrogen and oxygen atoms in total. The molecule has 0 saturated carbocycles. The lowest BCUT2D eigenvalue weighted by molar-refractivity contribution is -0.384. The molecule has 2 aromatic rings. The molecule has 0 radical (unpaired) electrons. The standard InChI is InChI=1S/C17H24N6O2.HI/c1-18-17(22(3)13-16-5-4-12-21(16)2)20-11-10-19-14-6-8-15(9-7-14)23(24)25;/h4-9,12,19H,10-11,13H2,1-3H3,(H,18,20);1H. The number of anilines is 1. The summed E-state index contributed by atoms with van der Waals surface area (Å²) in [5.41, 5.74) is 2.14. The Morgan fingerprint density at radius 1 is 1.27 bits per heavy atom. The molecule has 0 bridgehead atoms. The molecule has 9 heteroatoms. The fourth-order valence-corrected chi connectivity index (χ4v) is 2.45. The van der Waals surface area contributed by atoms with E-state index >= 15 is 0 Å². The van der Waals surface area contributed by atoms with Gasteiger partial charge in [-0.25, -0.2) is 0 Å². The average Bonchev–Trinajstić information content (AvgIpc) is 3.00. The third kappa shape index (κ3) is 6.21. The number of nitrogens with zero attached hydrogens (tertiary/aromatic N) is 4. The lowest BCUT2D eigenvalue weighted by Gasteiger charge is -2.22. The van der Waals surface area contributed by atoms with Crippen LogP contribution in [0, 0.1) is 10.1 Å². The summed E-state index contributed by atoms with van der Waals surface area (Å²) < 4.78 is 2.08. The van der Waals surface area contributed by atoms with Crippen LogP contribution in [0.5, 0.6) is 0 Å². The highest BCUT2D eigenvalue weighted by Gasteiger charge is 2.08. The lowest BCUT2D eigenvalue weighted by atomic mass is 10.3. The second-order valence-electron chi connectivity index (χ2n) is 5.67. The molecule has 0 aliphatic carbocycles. The Kier molecular flexibility index (Phi) is 8.90. The molecule has 2 rings (SSSR count). The Morgan fingerprint density at radius 2 is 1.96 bits per heavy atom. The Balaban J connectivity index is 0.00000338. The highest BCUT2D eigenvalue weighted by atomic mass is 127. The van der Waals surface area contributed by atoms with Crippen molar-refractivity contribution in [1.29, 1.82) is 0 Å². The van der Waals surface area contributed by atoms with Crippen LogP contribution in [-0.4, -0.2) is 47.5 Å². The van der Waals surface area contributed by atoms with Crippen molar-refractivity contribution in [2.24, 2.45) is 12.0 Å². The van der Waals surface area contributed by atoms with Gasteiger partial charge in [-0.2, -0.15) is 0 Å². The number of rotatable bonds is 7. The van der Waals surface area contributed by atoms with Crippen molar-refractivity contribution in [3.8, 4) is 0 Å². The van der Waals surface area contributed by atoms with E-state index in [4.69, 9.17) is 0 Å². The van der Waals surface area contributed by atoms with Gasteiger partial charge in [-0.1, -0.05) is 0 Å². The van der Waals surface area contributed by atoms with Crippen LogP contribution in [0.25, 0.3) is 0 Å². The van der Waals surface area contributed by atoms with Gasteiger partial charge in [-0.15, -0.1) is 24.0 Å². The molecule has 142 valence electrons. The van der Waals surface area contributed by atoms with Crippen molar-refractivity contribution in [3.63, 3.8) is 0 Å². The zero-order valence-corrected chi connectivity index (χ0v) is 17.5. The van der Waals surface area contributed by atoms with E-state index in [0.29, 0.717) is 13.1 Å². The maximum absolute atomic E-state index is 10.6. The van der Waals surface area contributed by atoms with Crippen LogP contribution >= 0.6 is 24.0 Å². The molecule has 2 N–H and O–H groups in total. The molecule has 1 aromatic carbocycles. The summed E-state index contributed by atoms with van der Waals surface area (Å²) in [6.45, 7) is 2.12. The van der Waals surface area contributed by atoms with Gasteiger partial charge in [0.25, 0.3) is 5.69 Å². The van der Waals surface area contributed by atoms with E-state index < -0.39 is 4.92 Å². The predicted molar refractivity (Wildman–Crippen MR) is 115 cm³/mol. The third-order valence-corrected chi connectivity index (χ3v) is 3.84. The number of guanidine groups is 1. The molecule has 0 spiro atoms. The van der Waals surface area contributed by atoms with Gasteiger partial charge in [0.15, 0.2) is 5.96 Å². The zero-order chi connectivity index (χ0) is 18.2. The average molecular weight is 472 g/mol. The summed E-state index contributed by atoms with van der Waals surface area (Å²) in [4.78, 5) is 16.6. The third-order valence-electron chi connectivity index (χ3n) is 3.84. The van der Waals surface area contributed by atoms with Crippen LogP contribution in [0.2, 0.25) is 0 Å². The first kappa shape index (κ1) is 21.7. The van der Waals surface area contributed by atoms with Gasteiger partial charge in [-0.05, 0) is 24.3 Å². The molecule has 0 saturated heterocycles. The van der Waals surface area contributed by atoms with Crippen molar-refractivity contribution < 1.29 is 4.92 Å². The molecule has 0 aliphatic heterocycles. The van der Waals surface area contributed by atoms with E-state index in [2.05, 4.69) is 31.2 Å². The van der Waals surface area contributed by atoms with Gasteiger partial charge in [0.1, 0.15) is 0 Å². The van der Waals surface area contributed by atoms with Crippen molar-refractivity contribution in [2.75, 3.05) is 32.5 Å². The number of nitro benzene ring substituents is 1. The van der Waals surface area contributed by atoms with Crippen LogP contribution in [0.15, 0.2) is 47.6 Å². The summed E-state index contributed by atoms with van der Waals surface area (Å²) in [7, 11) is 5.77. The summed E-state index contributed by atoms with van der Waals surface area (Å²) in [5.74, 6) is 0.812. The van der Waals surface area contributed by atoms with Crippen LogP contribution in [-0.2, 0) is 13.6 Å². The number of aryl methyl sites for hydroxylation is 1. The van der Waals surface area contributed by atoms with Crippen LogP contribution in [0.4, 0.5) is 11.4 Å². The Morgan fingerprint density at radius 3 is 2.50 bits per heavy atom. The summed E-state index contributed by atoms with van der Waals surface area (Å²) in [5, 5.41) is 17.2. The minimum absolute atomic E-state index is 0. The van der Waals surface area contributed by atoms with Crippen molar-refractivity contribution in [2.45, 2.75) is 6.54 Å². The molecule has 26 heavy (non-hydrogen) atoms. The van der Waals surface area contributed by atoms with E-state index in [9.17, 15) is 10.1 Å². The van der Waals surface area contributed by atoms with E-state index in [-0.39, 0.29) is 29.7 Å². The zero-order valence-electron chi connectivity index (χ0n) is 15.2. The second kappa shape index (κ2) is 10.6.